The molecule has 0 saturated carbocycles. The standard InChI is InChI=1S/C33H38N4O3S/c1-24-17-19-27(20-18-24)37-29(22-25-12-6-4-7-13-25)35-36-32(37)41-21-11-10-16-30(38)34-28-23-39-33(2,3)40-31(28)26-14-8-5-9-15-26/h4-9,12-15,17-20,28,31H,10-11,16,21-23H2,1-3H3,(H,34,38). The van der Waals surface area contributed by atoms with E-state index in [2.05, 4.69) is 63.4 Å². The van der Waals surface area contributed by atoms with Crippen molar-refractivity contribution < 1.29 is 14.3 Å². The highest BCUT2D eigenvalue weighted by molar-refractivity contribution is 7.99. The van der Waals surface area contributed by atoms with Gasteiger partial charge in [0, 0.05) is 24.3 Å². The molecular weight excluding hydrogens is 532 g/mol. The Morgan fingerprint density at radius 1 is 0.976 bits per heavy atom. The second-order valence-electron chi connectivity index (χ2n) is 10.9. The maximum Gasteiger partial charge on any atom is 0.220 e. The van der Waals surface area contributed by atoms with Crippen LogP contribution in [0.4, 0.5) is 0 Å². The summed E-state index contributed by atoms with van der Waals surface area (Å²) < 4.78 is 14.2. The number of nitrogens with zero attached hydrogens (tertiary/aromatic N) is 3. The van der Waals surface area contributed by atoms with E-state index < -0.39 is 5.79 Å². The normalized spacial score (nSPS) is 18.2. The van der Waals surface area contributed by atoms with Gasteiger partial charge in [-0.3, -0.25) is 9.36 Å². The highest BCUT2D eigenvalue weighted by atomic mass is 32.2. The smallest absolute Gasteiger partial charge is 0.220 e. The third kappa shape index (κ3) is 7.85. The Balaban J connectivity index is 1.15. The van der Waals surface area contributed by atoms with Crippen LogP contribution in [0.5, 0.6) is 0 Å². The lowest BCUT2D eigenvalue weighted by Gasteiger charge is -2.41. The summed E-state index contributed by atoms with van der Waals surface area (Å²) >= 11 is 1.68. The van der Waals surface area contributed by atoms with Crippen LogP contribution in [0.25, 0.3) is 5.69 Å². The van der Waals surface area contributed by atoms with E-state index >= 15 is 0 Å². The van der Waals surface area contributed by atoms with Crippen LogP contribution in [-0.4, -0.2) is 44.9 Å². The Kier molecular flexibility index (Phi) is 9.54. The van der Waals surface area contributed by atoms with Crippen LogP contribution in [0.1, 0.15) is 61.7 Å². The zero-order valence-electron chi connectivity index (χ0n) is 24.0. The third-order valence-electron chi connectivity index (χ3n) is 7.09. The summed E-state index contributed by atoms with van der Waals surface area (Å²) in [6, 6.07) is 28.6. The fraction of sp³-hybridized carbons (Fsp3) is 0.364. The molecule has 0 aliphatic carbocycles. The average Bonchev–Trinajstić information content (AvgIpc) is 3.37. The van der Waals surface area contributed by atoms with E-state index in [-0.39, 0.29) is 18.1 Å². The van der Waals surface area contributed by atoms with Crippen molar-refractivity contribution in [1.29, 1.82) is 0 Å². The first-order chi connectivity index (χ1) is 19.9. The SMILES string of the molecule is Cc1ccc(-n2c(Cc3ccccc3)nnc2SCCCCC(=O)NC2COC(C)(C)OC2c2ccccc2)cc1. The van der Waals surface area contributed by atoms with Gasteiger partial charge in [-0.05, 0) is 56.9 Å². The number of amides is 1. The summed E-state index contributed by atoms with van der Waals surface area (Å²) in [7, 11) is 0. The summed E-state index contributed by atoms with van der Waals surface area (Å²) in [6.45, 7) is 6.31. The van der Waals surface area contributed by atoms with Gasteiger partial charge in [-0.25, -0.2) is 0 Å². The Hall–Kier alpha value is -3.46. The fourth-order valence-electron chi connectivity index (χ4n) is 4.93. The van der Waals surface area contributed by atoms with Crippen LogP contribution >= 0.6 is 11.8 Å². The summed E-state index contributed by atoms with van der Waals surface area (Å²) in [5, 5.41) is 13.1. The van der Waals surface area contributed by atoms with Crippen molar-refractivity contribution >= 4 is 17.7 Å². The summed E-state index contributed by atoms with van der Waals surface area (Å²) in [5.41, 5.74) is 4.50. The van der Waals surface area contributed by atoms with Crippen LogP contribution in [0, 0.1) is 6.92 Å². The average molecular weight is 571 g/mol. The number of rotatable bonds is 11. The molecule has 1 N–H and O–H groups in total. The van der Waals surface area contributed by atoms with Crippen LogP contribution in [0.3, 0.4) is 0 Å². The van der Waals surface area contributed by atoms with Crippen molar-refractivity contribution in [1.82, 2.24) is 20.1 Å². The van der Waals surface area contributed by atoms with Gasteiger partial charge in [0.15, 0.2) is 10.9 Å². The van der Waals surface area contributed by atoms with E-state index in [1.54, 1.807) is 11.8 Å². The van der Waals surface area contributed by atoms with Crippen molar-refractivity contribution in [2.75, 3.05) is 12.4 Å². The number of unbranched alkanes of at least 4 members (excludes halogenated alkanes) is 1. The van der Waals surface area contributed by atoms with Crippen molar-refractivity contribution in [2.45, 2.75) is 69.5 Å². The lowest BCUT2D eigenvalue weighted by atomic mass is 10.0. The van der Waals surface area contributed by atoms with Gasteiger partial charge >= 0.3 is 0 Å². The first kappa shape index (κ1) is 29.0. The minimum absolute atomic E-state index is 0.0146. The van der Waals surface area contributed by atoms with E-state index in [1.165, 1.54) is 11.1 Å². The molecule has 1 aromatic heterocycles. The van der Waals surface area contributed by atoms with Gasteiger partial charge in [0.05, 0.1) is 12.6 Å². The van der Waals surface area contributed by atoms with Gasteiger partial charge in [-0.2, -0.15) is 0 Å². The van der Waals surface area contributed by atoms with E-state index in [4.69, 9.17) is 9.47 Å². The maximum atomic E-state index is 12.9. The number of hydrogen-bond donors (Lipinski definition) is 1. The number of carbonyl (C=O) groups excluding carboxylic acids is 1. The second kappa shape index (κ2) is 13.5. The number of benzene rings is 3. The number of nitrogens with one attached hydrogen (secondary N) is 1. The van der Waals surface area contributed by atoms with Crippen LogP contribution < -0.4 is 5.32 Å². The molecule has 2 atom stereocenters. The van der Waals surface area contributed by atoms with Gasteiger partial charge in [0.25, 0.3) is 0 Å². The monoisotopic (exact) mass is 570 g/mol. The summed E-state index contributed by atoms with van der Waals surface area (Å²) in [6.07, 6.45) is 2.58. The Bertz CT molecular complexity index is 1410. The molecule has 0 radical (unpaired) electrons. The molecule has 2 heterocycles. The fourth-order valence-corrected chi connectivity index (χ4v) is 5.90. The van der Waals surface area contributed by atoms with Gasteiger partial charge in [0.1, 0.15) is 11.9 Å². The Morgan fingerprint density at radius 2 is 1.68 bits per heavy atom. The number of aromatic nitrogens is 3. The molecule has 8 heteroatoms. The van der Waals surface area contributed by atoms with Gasteiger partial charge in [0.2, 0.25) is 5.91 Å². The molecule has 2 unspecified atom stereocenters. The molecule has 214 valence electrons. The molecule has 1 aliphatic heterocycles. The molecule has 5 rings (SSSR count). The molecule has 1 aliphatic rings. The van der Waals surface area contributed by atoms with E-state index in [1.807, 2.05) is 62.4 Å². The molecule has 1 saturated heterocycles. The number of aryl methyl sites for hydroxylation is 1. The Morgan fingerprint density at radius 3 is 2.41 bits per heavy atom. The molecule has 7 nitrogen and oxygen atoms in total. The number of thioether (sulfide) groups is 1. The van der Waals surface area contributed by atoms with Crippen LogP contribution in [-0.2, 0) is 20.7 Å². The molecule has 41 heavy (non-hydrogen) atoms. The maximum absolute atomic E-state index is 12.9. The molecule has 0 spiro atoms. The van der Waals surface area contributed by atoms with Crippen LogP contribution in [0.2, 0.25) is 0 Å². The second-order valence-corrected chi connectivity index (χ2v) is 11.9. The van der Waals surface area contributed by atoms with Crippen molar-refractivity contribution in [3.8, 4) is 5.69 Å². The zero-order valence-corrected chi connectivity index (χ0v) is 24.8. The molecule has 3 aromatic carbocycles. The first-order valence-corrected chi connectivity index (χ1v) is 15.2. The topological polar surface area (TPSA) is 78.3 Å². The molecule has 4 aromatic rings. The lowest BCUT2D eigenvalue weighted by Crippen LogP contribution is -2.51. The minimum atomic E-state index is -0.695. The molecular formula is C33H38N4O3S. The largest absolute Gasteiger partial charge is 0.348 e. The predicted octanol–water partition coefficient (Wildman–Crippen LogP) is 6.44. The number of hydrogen-bond acceptors (Lipinski definition) is 6. The molecule has 1 fully saturated rings. The van der Waals surface area contributed by atoms with Crippen molar-refractivity contribution in [3.63, 3.8) is 0 Å². The predicted molar refractivity (Wildman–Crippen MR) is 162 cm³/mol. The number of ether oxygens (including phenoxy) is 2. The highest BCUT2D eigenvalue weighted by Gasteiger charge is 2.38. The minimum Gasteiger partial charge on any atom is -0.348 e. The van der Waals surface area contributed by atoms with Crippen LogP contribution in [0.15, 0.2) is 90.1 Å². The van der Waals surface area contributed by atoms with E-state index in [0.717, 1.165) is 40.8 Å². The van der Waals surface area contributed by atoms with Gasteiger partial charge in [-0.1, -0.05) is 90.1 Å². The molecule has 1 amide bonds. The Labute approximate surface area is 246 Å². The first-order valence-electron chi connectivity index (χ1n) is 14.2. The van der Waals surface area contributed by atoms with Gasteiger partial charge in [-0.15, -0.1) is 10.2 Å². The van der Waals surface area contributed by atoms with Crippen molar-refractivity contribution in [3.05, 3.63) is 107 Å². The quantitative estimate of drug-likeness (QED) is 0.165. The summed E-state index contributed by atoms with van der Waals surface area (Å²) in [4.78, 5) is 12.9. The van der Waals surface area contributed by atoms with E-state index in [9.17, 15) is 4.79 Å². The van der Waals surface area contributed by atoms with Gasteiger partial charge < -0.3 is 14.8 Å². The third-order valence-corrected chi connectivity index (χ3v) is 8.10. The summed E-state index contributed by atoms with van der Waals surface area (Å²) in [5.74, 6) is 1.08. The zero-order chi connectivity index (χ0) is 28.7. The van der Waals surface area contributed by atoms with E-state index in [0.29, 0.717) is 19.4 Å². The highest BCUT2D eigenvalue weighted by Crippen LogP contribution is 2.33. The number of carbonyl (C=O) groups is 1. The molecule has 0 bridgehead atoms. The lowest BCUT2D eigenvalue weighted by molar-refractivity contribution is -0.284. The van der Waals surface area contributed by atoms with Crippen molar-refractivity contribution in [2.24, 2.45) is 0 Å².